The summed E-state index contributed by atoms with van der Waals surface area (Å²) in [5.74, 6) is 0.0319. The lowest BCUT2D eigenvalue weighted by atomic mass is 10.1. The molecule has 4 nitrogen and oxygen atoms in total. The second-order valence-corrected chi connectivity index (χ2v) is 5.23. The van der Waals surface area contributed by atoms with Crippen molar-refractivity contribution in [2.75, 3.05) is 25.0 Å². The van der Waals surface area contributed by atoms with Crippen molar-refractivity contribution in [3.05, 3.63) is 42.0 Å². The van der Waals surface area contributed by atoms with Crippen LogP contribution in [-0.2, 0) is 0 Å². The molecule has 0 aliphatic heterocycles. The van der Waals surface area contributed by atoms with Crippen LogP contribution in [0.5, 0.6) is 0 Å². The van der Waals surface area contributed by atoms with Crippen LogP contribution in [0, 0.1) is 0 Å². The fraction of sp³-hybridized carbons (Fsp3) is 0.375. The molecule has 0 radical (unpaired) electrons. The van der Waals surface area contributed by atoms with E-state index in [1.165, 1.54) is 0 Å². The normalized spacial score (nSPS) is 9.86. The predicted octanol–water partition coefficient (Wildman–Crippen LogP) is 3.03. The maximum Gasteiger partial charge on any atom is 0.253 e. The van der Waals surface area contributed by atoms with E-state index in [1.54, 1.807) is 4.90 Å². The zero-order valence-corrected chi connectivity index (χ0v) is 13.7. The zero-order valence-electron chi connectivity index (χ0n) is 12.9. The summed E-state index contributed by atoms with van der Waals surface area (Å²) in [4.78, 5) is 14.1. The predicted molar refractivity (Wildman–Crippen MR) is 92.7 cm³/mol. The van der Waals surface area contributed by atoms with Crippen molar-refractivity contribution in [1.82, 2.24) is 10.2 Å². The average Bonchev–Trinajstić information content (AvgIpc) is 2.46. The first kappa shape index (κ1) is 17.2. The molecule has 0 spiro atoms. The average molecular weight is 305 g/mol. The minimum atomic E-state index is 0.0319. The van der Waals surface area contributed by atoms with E-state index in [9.17, 15) is 4.79 Å². The summed E-state index contributed by atoms with van der Waals surface area (Å²) >= 11 is 5.20. The van der Waals surface area contributed by atoms with Gasteiger partial charge in [-0.2, -0.15) is 0 Å². The smallest absolute Gasteiger partial charge is 0.253 e. The highest BCUT2D eigenvalue weighted by Crippen LogP contribution is 2.13. The van der Waals surface area contributed by atoms with Gasteiger partial charge >= 0.3 is 0 Å². The molecule has 21 heavy (non-hydrogen) atoms. The van der Waals surface area contributed by atoms with E-state index in [4.69, 9.17) is 12.2 Å². The van der Waals surface area contributed by atoms with Gasteiger partial charge in [0.15, 0.2) is 5.11 Å². The van der Waals surface area contributed by atoms with Crippen LogP contribution in [0.3, 0.4) is 0 Å². The second kappa shape index (κ2) is 8.42. The fourth-order valence-electron chi connectivity index (χ4n) is 1.83. The van der Waals surface area contributed by atoms with E-state index in [1.807, 2.05) is 45.0 Å². The lowest BCUT2D eigenvalue weighted by molar-refractivity contribution is 0.0773. The Hall–Kier alpha value is -1.88. The van der Waals surface area contributed by atoms with Gasteiger partial charge in [-0.25, -0.2) is 0 Å². The summed E-state index contributed by atoms with van der Waals surface area (Å²) in [6.45, 7) is 11.7. The second-order valence-electron chi connectivity index (χ2n) is 4.82. The van der Waals surface area contributed by atoms with Gasteiger partial charge in [0.2, 0.25) is 0 Å². The maximum absolute atomic E-state index is 12.3. The molecule has 0 heterocycles. The van der Waals surface area contributed by atoms with E-state index < -0.39 is 0 Å². The van der Waals surface area contributed by atoms with E-state index >= 15 is 0 Å². The Bertz CT molecular complexity index is 524. The third-order valence-electron chi connectivity index (χ3n) is 2.97. The molecule has 0 fully saturated rings. The molecule has 0 saturated heterocycles. The molecular weight excluding hydrogens is 282 g/mol. The van der Waals surface area contributed by atoms with Crippen LogP contribution in [0.2, 0.25) is 0 Å². The molecule has 0 aromatic heterocycles. The minimum Gasteiger partial charge on any atom is -0.359 e. The summed E-state index contributed by atoms with van der Waals surface area (Å²) in [6.07, 6.45) is 0. The van der Waals surface area contributed by atoms with Crippen molar-refractivity contribution < 1.29 is 4.79 Å². The molecule has 5 heteroatoms. The number of benzene rings is 1. The maximum atomic E-state index is 12.3. The Morgan fingerprint density at radius 1 is 1.33 bits per heavy atom. The molecule has 0 aliphatic carbocycles. The number of nitrogens with zero attached hydrogens (tertiary/aromatic N) is 1. The fourth-order valence-corrected chi connectivity index (χ4v) is 2.02. The Morgan fingerprint density at radius 2 is 2.00 bits per heavy atom. The van der Waals surface area contributed by atoms with Crippen molar-refractivity contribution in [1.29, 1.82) is 0 Å². The standard InChI is InChI=1S/C16H23N3OS/c1-5-19(6-2)15(20)13-8-7-9-14(10-13)18-16(21)17-11-12(3)4/h7-10H,3,5-6,11H2,1-2,4H3,(H2,17,18,21). The van der Waals surface area contributed by atoms with Crippen LogP contribution >= 0.6 is 12.2 Å². The SMILES string of the molecule is C=C(C)CNC(=S)Nc1cccc(C(=O)N(CC)CC)c1. The van der Waals surface area contributed by atoms with E-state index in [-0.39, 0.29) is 5.91 Å². The molecule has 0 aliphatic rings. The third kappa shape index (κ3) is 5.55. The molecule has 1 amide bonds. The van der Waals surface area contributed by atoms with Crippen LogP contribution in [-0.4, -0.2) is 35.6 Å². The topological polar surface area (TPSA) is 44.4 Å². The third-order valence-corrected chi connectivity index (χ3v) is 3.22. The Morgan fingerprint density at radius 3 is 2.57 bits per heavy atom. The Kier molecular flexibility index (Phi) is 6.88. The van der Waals surface area contributed by atoms with Crippen LogP contribution in [0.4, 0.5) is 5.69 Å². The summed E-state index contributed by atoms with van der Waals surface area (Å²) in [5, 5.41) is 6.64. The molecular formula is C16H23N3OS. The summed E-state index contributed by atoms with van der Waals surface area (Å²) in [5.41, 5.74) is 2.46. The summed E-state index contributed by atoms with van der Waals surface area (Å²) in [7, 11) is 0. The van der Waals surface area contributed by atoms with Gasteiger partial charge in [-0.1, -0.05) is 18.2 Å². The highest BCUT2D eigenvalue weighted by molar-refractivity contribution is 7.80. The number of carbonyl (C=O) groups is 1. The molecule has 114 valence electrons. The number of anilines is 1. The molecule has 1 aromatic carbocycles. The van der Waals surface area contributed by atoms with Crippen LogP contribution in [0.15, 0.2) is 36.4 Å². The van der Waals surface area contributed by atoms with Gasteiger partial charge in [0.25, 0.3) is 5.91 Å². The van der Waals surface area contributed by atoms with E-state index in [2.05, 4.69) is 17.2 Å². The Balaban J connectivity index is 2.74. The lowest BCUT2D eigenvalue weighted by Crippen LogP contribution is -2.31. The molecule has 0 unspecified atom stereocenters. The number of amides is 1. The summed E-state index contributed by atoms with van der Waals surface area (Å²) in [6, 6.07) is 7.36. The zero-order chi connectivity index (χ0) is 15.8. The van der Waals surface area contributed by atoms with E-state index in [0.717, 1.165) is 11.3 Å². The van der Waals surface area contributed by atoms with Gasteiger partial charge in [-0.05, 0) is 51.2 Å². The highest BCUT2D eigenvalue weighted by atomic mass is 32.1. The molecule has 2 N–H and O–H groups in total. The number of carbonyl (C=O) groups excluding carboxylic acids is 1. The first-order valence-corrected chi connectivity index (χ1v) is 7.47. The van der Waals surface area contributed by atoms with Crippen LogP contribution < -0.4 is 10.6 Å². The monoisotopic (exact) mass is 305 g/mol. The largest absolute Gasteiger partial charge is 0.359 e. The van der Waals surface area contributed by atoms with Crippen molar-refractivity contribution in [2.45, 2.75) is 20.8 Å². The number of thiocarbonyl (C=S) groups is 1. The van der Waals surface area contributed by atoms with E-state index in [0.29, 0.717) is 30.3 Å². The quantitative estimate of drug-likeness (QED) is 0.626. The lowest BCUT2D eigenvalue weighted by Gasteiger charge is -2.19. The molecule has 0 atom stereocenters. The van der Waals surface area contributed by atoms with Gasteiger partial charge in [0, 0.05) is 30.9 Å². The van der Waals surface area contributed by atoms with Crippen molar-refractivity contribution >= 4 is 28.9 Å². The number of hydrogen-bond acceptors (Lipinski definition) is 2. The molecule has 1 aromatic rings. The van der Waals surface area contributed by atoms with Gasteiger partial charge in [-0.15, -0.1) is 0 Å². The van der Waals surface area contributed by atoms with Crippen LogP contribution in [0.1, 0.15) is 31.1 Å². The molecule has 0 bridgehead atoms. The first-order chi connectivity index (χ1) is 9.97. The first-order valence-electron chi connectivity index (χ1n) is 7.06. The van der Waals surface area contributed by atoms with Gasteiger partial charge < -0.3 is 15.5 Å². The number of rotatable bonds is 6. The van der Waals surface area contributed by atoms with Crippen molar-refractivity contribution in [3.8, 4) is 0 Å². The van der Waals surface area contributed by atoms with Gasteiger partial charge in [-0.3, -0.25) is 4.79 Å². The van der Waals surface area contributed by atoms with Crippen molar-refractivity contribution in [2.24, 2.45) is 0 Å². The summed E-state index contributed by atoms with van der Waals surface area (Å²) < 4.78 is 0. The van der Waals surface area contributed by atoms with Crippen molar-refractivity contribution in [3.63, 3.8) is 0 Å². The van der Waals surface area contributed by atoms with Crippen LogP contribution in [0.25, 0.3) is 0 Å². The number of hydrogen-bond donors (Lipinski definition) is 2. The number of nitrogens with one attached hydrogen (secondary N) is 2. The van der Waals surface area contributed by atoms with Gasteiger partial charge in [0.1, 0.15) is 0 Å². The molecule has 1 rings (SSSR count). The van der Waals surface area contributed by atoms with Gasteiger partial charge in [0.05, 0.1) is 0 Å². The Labute approximate surface area is 132 Å². The minimum absolute atomic E-state index is 0.0319. The highest BCUT2D eigenvalue weighted by Gasteiger charge is 2.12. The molecule has 0 saturated carbocycles.